The molecule has 0 amide bonds. The van der Waals surface area contributed by atoms with Gasteiger partial charge >= 0.3 is 0 Å². The topological polar surface area (TPSA) is 41.3 Å². The maximum Gasteiger partial charge on any atom is 0.0718 e. The summed E-state index contributed by atoms with van der Waals surface area (Å²) in [5.74, 6) is 0. The van der Waals surface area contributed by atoms with E-state index >= 15 is 0 Å². The maximum absolute atomic E-state index is 9.96. The van der Waals surface area contributed by atoms with Crippen molar-refractivity contribution in [1.82, 2.24) is 14.7 Å². The van der Waals surface area contributed by atoms with Gasteiger partial charge in [-0.05, 0) is 53.3 Å². The fourth-order valence-electron chi connectivity index (χ4n) is 2.93. The molecular weight excluding hydrogens is 274 g/mol. The summed E-state index contributed by atoms with van der Waals surface area (Å²) >= 11 is 0. The fraction of sp³-hybridized carbons (Fsp3) is 0.500. The average Bonchev–Trinajstić information content (AvgIpc) is 2.65. The van der Waals surface area contributed by atoms with Crippen molar-refractivity contribution >= 4 is 0 Å². The van der Waals surface area contributed by atoms with Crippen LogP contribution in [0.4, 0.5) is 0 Å². The number of hydrogen-bond acceptors (Lipinski definition) is 3. The Kier molecular flexibility index (Phi) is 4.73. The molecule has 1 N–H and O–H groups in total. The van der Waals surface area contributed by atoms with Crippen LogP contribution in [0.5, 0.6) is 0 Å². The molecule has 1 heterocycles. The molecule has 2 rings (SSSR count). The van der Waals surface area contributed by atoms with Crippen LogP contribution in [0.2, 0.25) is 0 Å². The standard InChI is InChI=1S/C18H27N3O/c1-13-9-7-8-10-17(13)21-15(3)16(14(2)19-21)11-20(6)12-18(4,5)22/h7-10,22H,11-12H2,1-6H3. The first-order valence-electron chi connectivity index (χ1n) is 7.71. The average molecular weight is 301 g/mol. The molecule has 4 heteroatoms. The molecule has 0 aliphatic heterocycles. The van der Waals surface area contributed by atoms with Gasteiger partial charge in [-0.25, -0.2) is 4.68 Å². The number of likely N-dealkylation sites (N-methyl/N-ethyl adjacent to an activating group) is 1. The summed E-state index contributed by atoms with van der Waals surface area (Å²) in [5, 5.41) is 14.7. The number of benzene rings is 1. The number of nitrogens with zero attached hydrogens (tertiary/aromatic N) is 3. The van der Waals surface area contributed by atoms with Crippen LogP contribution in [0, 0.1) is 20.8 Å². The first-order chi connectivity index (χ1) is 10.2. The molecule has 0 unspecified atom stereocenters. The van der Waals surface area contributed by atoms with E-state index in [0.29, 0.717) is 6.54 Å². The van der Waals surface area contributed by atoms with Crippen LogP contribution in [0.25, 0.3) is 5.69 Å². The Morgan fingerprint density at radius 1 is 1.18 bits per heavy atom. The number of aromatic nitrogens is 2. The minimum Gasteiger partial charge on any atom is -0.389 e. The fourth-order valence-corrected chi connectivity index (χ4v) is 2.93. The van der Waals surface area contributed by atoms with Gasteiger partial charge in [-0.15, -0.1) is 0 Å². The van der Waals surface area contributed by atoms with Gasteiger partial charge in [0.05, 0.1) is 17.0 Å². The largest absolute Gasteiger partial charge is 0.389 e. The van der Waals surface area contributed by atoms with Gasteiger partial charge in [0.2, 0.25) is 0 Å². The molecule has 2 aromatic rings. The Labute approximate surface area is 133 Å². The van der Waals surface area contributed by atoms with Gasteiger partial charge in [-0.3, -0.25) is 4.90 Å². The lowest BCUT2D eigenvalue weighted by Crippen LogP contribution is -2.36. The number of hydrogen-bond donors (Lipinski definition) is 1. The number of para-hydroxylation sites is 1. The van der Waals surface area contributed by atoms with E-state index in [4.69, 9.17) is 5.10 Å². The molecular formula is C18H27N3O. The van der Waals surface area contributed by atoms with Gasteiger partial charge in [0.25, 0.3) is 0 Å². The van der Waals surface area contributed by atoms with E-state index in [1.807, 2.05) is 37.7 Å². The van der Waals surface area contributed by atoms with E-state index in [9.17, 15) is 5.11 Å². The van der Waals surface area contributed by atoms with Crippen LogP contribution in [0.1, 0.15) is 36.4 Å². The molecule has 0 spiro atoms. The zero-order valence-electron chi connectivity index (χ0n) is 14.5. The second-order valence-electron chi connectivity index (χ2n) is 6.83. The van der Waals surface area contributed by atoms with Crippen molar-refractivity contribution in [2.24, 2.45) is 0 Å². The molecule has 0 saturated heterocycles. The normalized spacial score (nSPS) is 12.2. The summed E-state index contributed by atoms with van der Waals surface area (Å²) in [7, 11) is 2.03. The summed E-state index contributed by atoms with van der Waals surface area (Å²) in [4.78, 5) is 2.14. The first-order valence-corrected chi connectivity index (χ1v) is 7.71. The maximum atomic E-state index is 9.96. The Morgan fingerprint density at radius 2 is 1.82 bits per heavy atom. The van der Waals surface area contributed by atoms with Crippen LogP contribution in [-0.2, 0) is 6.54 Å². The summed E-state index contributed by atoms with van der Waals surface area (Å²) in [5.41, 5.74) is 5.08. The predicted molar refractivity (Wildman–Crippen MR) is 90.4 cm³/mol. The van der Waals surface area contributed by atoms with Gasteiger partial charge in [0.1, 0.15) is 0 Å². The van der Waals surface area contributed by atoms with Crippen molar-refractivity contribution in [3.05, 3.63) is 46.8 Å². The molecule has 0 fully saturated rings. The van der Waals surface area contributed by atoms with Crippen LogP contribution in [0.3, 0.4) is 0 Å². The van der Waals surface area contributed by atoms with Gasteiger partial charge in [0, 0.05) is 24.3 Å². The number of aryl methyl sites for hydroxylation is 2. The van der Waals surface area contributed by atoms with E-state index in [0.717, 1.165) is 23.6 Å². The minimum absolute atomic E-state index is 0.626. The second kappa shape index (κ2) is 6.23. The van der Waals surface area contributed by atoms with Crippen molar-refractivity contribution in [2.45, 2.75) is 46.8 Å². The van der Waals surface area contributed by atoms with Gasteiger partial charge in [-0.2, -0.15) is 5.10 Å². The highest BCUT2D eigenvalue weighted by atomic mass is 16.3. The van der Waals surface area contributed by atoms with E-state index in [-0.39, 0.29) is 0 Å². The SMILES string of the molecule is Cc1ccccc1-n1nc(C)c(CN(C)CC(C)(C)O)c1C. The Balaban J connectivity index is 2.30. The van der Waals surface area contributed by atoms with Crippen molar-refractivity contribution in [3.8, 4) is 5.69 Å². The lowest BCUT2D eigenvalue weighted by molar-refractivity contribution is 0.0423. The Hall–Kier alpha value is -1.65. The first kappa shape index (κ1) is 16.7. The molecule has 0 aliphatic carbocycles. The molecule has 0 aliphatic rings. The monoisotopic (exact) mass is 301 g/mol. The molecule has 0 saturated carbocycles. The van der Waals surface area contributed by atoms with Gasteiger partial charge in [0.15, 0.2) is 0 Å². The molecule has 0 bridgehead atoms. The third kappa shape index (κ3) is 3.76. The Bertz CT molecular complexity index is 653. The third-order valence-electron chi connectivity index (χ3n) is 3.87. The quantitative estimate of drug-likeness (QED) is 0.923. The number of rotatable bonds is 5. The van der Waals surface area contributed by atoms with Crippen molar-refractivity contribution < 1.29 is 5.11 Å². The van der Waals surface area contributed by atoms with Crippen LogP contribution < -0.4 is 0 Å². The van der Waals surface area contributed by atoms with E-state index in [2.05, 4.69) is 37.8 Å². The van der Waals surface area contributed by atoms with Crippen molar-refractivity contribution in [3.63, 3.8) is 0 Å². The van der Waals surface area contributed by atoms with Crippen LogP contribution in [0.15, 0.2) is 24.3 Å². The highest BCUT2D eigenvalue weighted by Crippen LogP contribution is 2.21. The molecule has 1 aromatic carbocycles. The Morgan fingerprint density at radius 3 is 2.41 bits per heavy atom. The van der Waals surface area contributed by atoms with E-state index in [1.54, 1.807) is 0 Å². The highest BCUT2D eigenvalue weighted by Gasteiger charge is 2.19. The number of aliphatic hydroxyl groups is 1. The molecule has 0 atom stereocenters. The van der Waals surface area contributed by atoms with Crippen LogP contribution >= 0.6 is 0 Å². The molecule has 4 nitrogen and oxygen atoms in total. The summed E-state index contributed by atoms with van der Waals surface area (Å²) < 4.78 is 2.03. The smallest absolute Gasteiger partial charge is 0.0718 e. The second-order valence-corrected chi connectivity index (χ2v) is 6.83. The minimum atomic E-state index is -0.692. The summed E-state index contributed by atoms with van der Waals surface area (Å²) in [6, 6.07) is 8.28. The van der Waals surface area contributed by atoms with E-state index in [1.165, 1.54) is 11.1 Å². The van der Waals surface area contributed by atoms with Gasteiger partial charge in [-0.1, -0.05) is 18.2 Å². The molecule has 1 aromatic heterocycles. The lowest BCUT2D eigenvalue weighted by atomic mass is 10.1. The predicted octanol–water partition coefficient (Wildman–Crippen LogP) is 3.00. The summed E-state index contributed by atoms with van der Waals surface area (Å²) in [6.07, 6.45) is 0. The molecule has 22 heavy (non-hydrogen) atoms. The third-order valence-corrected chi connectivity index (χ3v) is 3.87. The summed E-state index contributed by atoms with van der Waals surface area (Å²) in [6.45, 7) is 11.3. The zero-order valence-corrected chi connectivity index (χ0v) is 14.5. The van der Waals surface area contributed by atoms with Crippen molar-refractivity contribution in [1.29, 1.82) is 0 Å². The zero-order chi connectivity index (χ0) is 16.5. The van der Waals surface area contributed by atoms with E-state index < -0.39 is 5.60 Å². The van der Waals surface area contributed by atoms with Crippen molar-refractivity contribution in [2.75, 3.05) is 13.6 Å². The van der Waals surface area contributed by atoms with Crippen LogP contribution in [-0.4, -0.2) is 39.0 Å². The molecule has 120 valence electrons. The lowest BCUT2D eigenvalue weighted by Gasteiger charge is -2.25. The molecule has 0 radical (unpaired) electrons. The van der Waals surface area contributed by atoms with Gasteiger partial charge < -0.3 is 5.11 Å². The highest BCUT2D eigenvalue weighted by molar-refractivity contribution is 5.42.